The zero-order chi connectivity index (χ0) is 21.2. The van der Waals surface area contributed by atoms with Crippen LogP contribution >= 0.6 is 11.3 Å². The van der Waals surface area contributed by atoms with Gasteiger partial charge in [0.2, 0.25) is 17.6 Å². The van der Waals surface area contributed by atoms with E-state index in [-0.39, 0.29) is 23.9 Å². The number of fused-ring (bicyclic) bond motifs is 1. The Bertz CT molecular complexity index is 1260. The molecule has 1 unspecified atom stereocenters. The van der Waals surface area contributed by atoms with E-state index in [1.165, 1.54) is 10.9 Å². The van der Waals surface area contributed by atoms with Crippen molar-refractivity contribution in [3.05, 3.63) is 63.7 Å². The molecule has 9 heteroatoms. The van der Waals surface area contributed by atoms with E-state index in [0.717, 1.165) is 18.4 Å². The van der Waals surface area contributed by atoms with Crippen molar-refractivity contribution >= 4 is 28.1 Å². The molecule has 1 amide bonds. The summed E-state index contributed by atoms with van der Waals surface area (Å²) in [6.07, 6.45) is 4.00. The van der Waals surface area contributed by atoms with Gasteiger partial charge in [-0.3, -0.25) is 14.2 Å². The normalized spacial score (nSPS) is 16.6. The summed E-state index contributed by atoms with van der Waals surface area (Å²) in [5, 5.41) is 8.55. The largest absolute Gasteiger partial charge is 0.341 e. The van der Waals surface area contributed by atoms with E-state index >= 15 is 0 Å². The van der Waals surface area contributed by atoms with Crippen LogP contribution in [0.5, 0.6) is 0 Å². The molecule has 4 aromatic rings. The van der Waals surface area contributed by atoms with Gasteiger partial charge in [-0.1, -0.05) is 17.3 Å². The first-order valence-electron chi connectivity index (χ1n) is 10.2. The Morgan fingerprint density at radius 1 is 1.26 bits per heavy atom. The molecule has 1 saturated heterocycles. The van der Waals surface area contributed by atoms with Gasteiger partial charge in [-0.15, -0.1) is 0 Å². The van der Waals surface area contributed by atoms with Crippen molar-refractivity contribution in [1.29, 1.82) is 0 Å². The lowest BCUT2D eigenvalue weighted by molar-refractivity contribution is -0.133. The van der Waals surface area contributed by atoms with Crippen molar-refractivity contribution < 1.29 is 9.32 Å². The molecule has 0 spiro atoms. The minimum absolute atomic E-state index is 0.00769. The van der Waals surface area contributed by atoms with Gasteiger partial charge >= 0.3 is 0 Å². The van der Waals surface area contributed by atoms with Gasteiger partial charge in [-0.05, 0) is 42.3 Å². The van der Waals surface area contributed by atoms with Crippen molar-refractivity contribution in [2.45, 2.75) is 25.8 Å². The maximum Gasteiger partial charge on any atom is 0.261 e. The standard InChI is InChI=1S/C22H21N5O3S/c28-20(12-27-14-23-18-6-2-1-5-17(18)22(27)29)26-8-3-4-15(11-26)10-19-24-21(25-30-19)16-7-9-31-13-16/h1-2,5-7,9,13-15H,3-4,8,10-12H2. The Morgan fingerprint density at radius 2 is 2.16 bits per heavy atom. The number of nitrogens with zero attached hydrogens (tertiary/aromatic N) is 5. The van der Waals surface area contributed by atoms with E-state index in [1.54, 1.807) is 29.5 Å². The smallest absolute Gasteiger partial charge is 0.261 e. The number of carbonyl (C=O) groups excluding carboxylic acids is 1. The topological polar surface area (TPSA) is 94.1 Å². The van der Waals surface area contributed by atoms with Gasteiger partial charge in [0.25, 0.3) is 5.56 Å². The summed E-state index contributed by atoms with van der Waals surface area (Å²) in [5.74, 6) is 1.37. The van der Waals surface area contributed by atoms with Crippen molar-refractivity contribution in [3.63, 3.8) is 0 Å². The van der Waals surface area contributed by atoms with E-state index in [2.05, 4.69) is 15.1 Å². The third kappa shape index (κ3) is 4.13. The van der Waals surface area contributed by atoms with Crippen LogP contribution in [-0.4, -0.2) is 43.6 Å². The monoisotopic (exact) mass is 435 g/mol. The summed E-state index contributed by atoms with van der Waals surface area (Å²) in [6.45, 7) is 1.30. The number of hydrogen-bond acceptors (Lipinski definition) is 7. The van der Waals surface area contributed by atoms with Gasteiger partial charge in [0.15, 0.2) is 0 Å². The molecule has 158 valence electrons. The number of aromatic nitrogens is 4. The second-order valence-electron chi connectivity index (χ2n) is 7.77. The summed E-state index contributed by atoms with van der Waals surface area (Å²) in [6, 6.07) is 9.12. The van der Waals surface area contributed by atoms with Crippen LogP contribution in [0.25, 0.3) is 22.3 Å². The molecule has 0 bridgehead atoms. The van der Waals surface area contributed by atoms with Crippen LogP contribution in [-0.2, 0) is 17.8 Å². The Hall–Kier alpha value is -3.33. The average Bonchev–Trinajstić information content (AvgIpc) is 3.48. The molecule has 1 aliphatic rings. The number of likely N-dealkylation sites (tertiary alicyclic amines) is 1. The highest BCUT2D eigenvalue weighted by Gasteiger charge is 2.26. The quantitative estimate of drug-likeness (QED) is 0.478. The molecule has 1 aliphatic heterocycles. The van der Waals surface area contributed by atoms with Crippen molar-refractivity contribution in [2.75, 3.05) is 13.1 Å². The molecule has 4 heterocycles. The van der Waals surface area contributed by atoms with Crippen molar-refractivity contribution in [2.24, 2.45) is 5.92 Å². The van der Waals surface area contributed by atoms with Gasteiger partial charge < -0.3 is 9.42 Å². The van der Waals surface area contributed by atoms with Crippen LogP contribution in [0.3, 0.4) is 0 Å². The first-order chi connectivity index (χ1) is 15.2. The summed E-state index contributed by atoms with van der Waals surface area (Å²) in [4.78, 5) is 36.2. The highest BCUT2D eigenvalue weighted by molar-refractivity contribution is 7.08. The Labute approximate surface area is 182 Å². The molecule has 1 fully saturated rings. The maximum atomic E-state index is 12.9. The molecule has 0 radical (unpaired) electrons. The van der Waals surface area contributed by atoms with Gasteiger partial charge in [0.05, 0.1) is 17.2 Å². The number of thiophene rings is 1. The second kappa shape index (κ2) is 8.43. The van der Waals surface area contributed by atoms with Crippen LogP contribution in [0, 0.1) is 5.92 Å². The van der Waals surface area contributed by atoms with Gasteiger partial charge in [0, 0.05) is 30.5 Å². The lowest BCUT2D eigenvalue weighted by Crippen LogP contribution is -2.43. The predicted molar refractivity (Wildman–Crippen MR) is 117 cm³/mol. The van der Waals surface area contributed by atoms with Crippen LogP contribution in [0.1, 0.15) is 18.7 Å². The van der Waals surface area contributed by atoms with Crippen molar-refractivity contribution in [1.82, 2.24) is 24.6 Å². The number of carbonyl (C=O) groups is 1. The number of hydrogen-bond donors (Lipinski definition) is 0. The lowest BCUT2D eigenvalue weighted by atomic mass is 9.94. The SMILES string of the molecule is O=C(Cn1cnc2ccccc2c1=O)N1CCCC(Cc2nc(-c3ccsc3)no2)C1. The summed E-state index contributed by atoms with van der Waals surface area (Å²) in [5.41, 5.74) is 1.39. The van der Waals surface area contributed by atoms with Crippen LogP contribution in [0.4, 0.5) is 0 Å². The van der Waals surface area contributed by atoms with Crippen LogP contribution in [0.2, 0.25) is 0 Å². The minimum Gasteiger partial charge on any atom is -0.341 e. The van der Waals surface area contributed by atoms with E-state index in [9.17, 15) is 9.59 Å². The Kier molecular flexibility index (Phi) is 5.33. The zero-order valence-corrected chi connectivity index (χ0v) is 17.6. The number of rotatable bonds is 5. The zero-order valence-electron chi connectivity index (χ0n) is 16.8. The number of piperidine rings is 1. The van der Waals surface area contributed by atoms with E-state index in [0.29, 0.717) is 42.1 Å². The molecule has 3 aromatic heterocycles. The summed E-state index contributed by atoms with van der Waals surface area (Å²) >= 11 is 1.59. The molecule has 5 rings (SSSR count). The fraction of sp³-hybridized carbons (Fsp3) is 0.318. The molecule has 1 aromatic carbocycles. The fourth-order valence-corrected chi connectivity index (χ4v) is 4.65. The third-order valence-electron chi connectivity index (χ3n) is 5.62. The molecule has 0 aliphatic carbocycles. The molecular formula is C22H21N5O3S. The Balaban J connectivity index is 1.25. The minimum atomic E-state index is -0.195. The van der Waals surface area contributed by atoms with Crippen LogP contribution < -0.4 is 5.56 Å². The average molecular weight is 436 g/mol. The molecule has 31 heavy (non-hydrogen) atoms. The Morgan fingerprint density at radius 3 is 3.03 bits per heavy atom. The fourth-order valence-electron chi connectivity index (χ4n) is 4.02. The molecular weight excluding hydrogens is 414 g/mol. The van der Waals surface area contributed by atoms with Gasteiger partial charge in [-0.25, -0.2) is 4.98 Å². The van der Waals surface area contributed by atoms with Gasteiger partial charge in [0.1, 0.15) is 6.54 Å². The highest BCUT2D eigenvalue weighted by Crippen LogP contribution is 2.23. The number of amides is 1. The number of para-hydroxylation sites is 1. The summed E-state index contributed by atoms with van der Waals surface area (Å²) < 4.78 is 6.81. The second-order valence-corrected chi connectivity index (χ2v) is 8.55. The molecule has 0 saturated carbocycles. The molecule has 0 N–H and O–H groups in total. The maximum absolute atomic E-state index is 12.9. The first kappa shape index (κ1) is 19.6. The number of benzene rings is 1. The van der Waals surface area contributed by atoms with E-state index in [4.69, 9.17) is 4.52 Å². The van der Waals surface area contributed by atoms with E-state index < -0.39 is 0 Å². The molecule has 1 atom stereocenters. The van der Waals surface area contributed by atoms with Crippen molar-refractivity contribution in [3.8, 4) is 11.4 Å². The predicted octanol–water partition coefficient (Wildman–Crippen LogP) is 2.99. The summed E-state index contributed by atoms with van der Waals surface area (Å²) in [7, 11) is 0. The highest BCUT2D eigenvalue weighted by atomic mass is 32.1. The third-order valence-corrected chi connectivity index (χ3v) is 6.30. The lowest BCUT2D eigenvalue weighted by Gasteiger charge is -2.32. The molecule has 8 nitrogen and oxygen atoms in total. The van der Waals surface area contributed by atoms with Gasteiger partial charge in [-0.2, -0.15) is 16.3 Å². The first-order valence-corrected chi connectivity index (χ1v) is 11.2. The van der Waals surface area contributed by atoms with Crippen LogP contribution in [0.15, 0.2) is 56.7 Å². The van der Waals surface area contributed by atoms with E-state index in [1.807, 2.05) is 27.8 Å².